The lowest BCUT2D eigenvalue weighted by atomic mass is 10.1. The van der Waals surface area contributed by atoms with Gasteiger partial charge in [0.15, 0.2) is 5.82 Å². The second-order valence-electron chi connectivity index (χ2n) is 6.01. The largest absolute Gasteiger partial charge is 0.394 e. The summed E-state index contributed by atoms with van der Waals surface area (Å²) in [6.45, 7) is 2.12. The summed E-state index contributed by atoms with van der Waals surface area (Å²) in [7, 11) is 0. The van der Waals surface area contributed by atoms with Crippen LogP contribution >= 0.6 is 11.8 Å². The number of pyridine rings is 1. The lowest BCUT2D eigenvalue weighted by Crippen LogP contribution is -2.03. The standard InChI is InChI=1S/C21H19N5S/c1-2-14-7-3-4-10-16(14)26-20-18(22)21(25-13-24-20)27-17-11-5-8-15-9-6-12-23-19(15)17/h3-13H,2,22H2,1H3,(H,24,25,26). The summed E-state index contributed by atoms with van der Waals surface area (Å²) < 4.78 is 0. The maximum Gasteiger partial charge on any atom is 0.158 e. The second-order valence-corrected chi connectivity index (χ2v) is 7.04. The molecule has 0 radical (unpaired) electrons. The predicted octanol–water partition coefficient (Wildman–Crippen LogP) is 5.06. The van der Waals surface area contributed by atoms with Crippen LogP contribution in [-0.4, -0.2) is 15.0 Å². The molecule has 2 aromatic carbocycles. The number of nitrogens with zero attached hydrogens (tertiary/aromatic N) is 3. The summed E-state index contributed by atoms with van der Waals surface area (Å²) in [4.78, 5) is 14.2. The molecule has 0 spiro atoms. The van der Waals surface area contributed by atoms with E-state index in [1.54, 1.807) is 6.20 Å². The lowest BCUT2D eigenvalue weighted by Gasteiger charge is -2.13. The molecule has 0 atom stereocenters. The van der Waals surface area contributed by atoms with Gasteiger partial charge in [-0.05, 0) is 30.2 Å². The van der Waals surface area contributed by atoms with Crippen molar-refractivity contribution < 1.29 is 0 Å². The van der Waals surface area contributed by atoms with Gasteiger partial charge in [0.1, 0.15) is 17.0 Å². The third-order valence-corrected chi connectivity index (χ3v) is 5.37. The van der Waals surface area contributed by atoms with Crippen molar-refractivity contribution in [2.24, 2.45) is 0 Å². The van der Waals surface area contributed by atoms with Crippen LogP contribution in [0.3, 0.4) is 0 Å². The van der Waals surface area contributed by atoms with Crippen molar-refractivity contribution in [3.63, 3.8) is 0 Å². The topological polar surface area (TPSA) is 76.7 Å². The Morgan fingerprint density at radius 2 is 1.81 bits per heavy atom. The minimum absolute atomic E-state index is 0.529. The Balaban J connectivity index is 1.68. The number of rotatable bonds is 5. The van der Waals surface area contributed by atoms with Gasteiger partial charge in [0.25, 0.3) is 0 Å². The van der Waals surface area contributed by atoms with Gasteiger partial charge in [-0.3, -0.25) is 4.98 Å². The Bertz CT molecular complexity index is 1090. The van der Waals surface area contributed by atoms with Crippen LogP contribution in [0.5, 0.6) is 0 Å². The zero-order valence-corrected chi connectivity index (χ0v) is 15.7. The van der Waals surface area contributed by atoms with Gasteiger partial charge in [-0.25, -0.2) is 9.97 Å². The highest BCUT2D eigenvalue weighted by molar-refractivity contribution is 7.99. The number of aryl methyl sites for hydroxylation is 1. The monoisotopic (exact) mass is 373 g/mol. The molecule has 0 aliphatic heterocycles. The Hall–Kier alpha value is -3.12. The van der Waals surface area contributed by atoms with E-state index in [4.69, 9.17) is 5.73 Å². The predicted molar refractivity (Wildman–Crippen MR) is 111 cm³/mol. The number of nitrogens with one attached hydrogen (secondary N) is 1. The fraction of sp³-hybridized carbons (Fsp3) is 0.0952. The molecular formula is C21H19N5S. The van der Waals surface area contributed by atoms with Gasteiger partial charge < -0.3 is 11.1 Å². The highest BCUT2D eigenvalue weighted by atomic mass is 32.2. The van der Waals surface area contributed by atoms with Crippen molar-refractivity contribution in [2.45, 2.75) is 23.3 Å². The Kier molecular flexibility index (Phi) is 4.89. The van der Waals surface area contributed by atoms with Crippen LogP contribution in [0.1, 0.15) is 12.5 Å². The first-order valence-corrected chi connectivity index (χ1v) is 9.55. The molecule has 0 aliphatic rings. The molecule has 4 rings (SSSR count). The summed E-state index contributed by atoms with van der Waals surface area (Å²) in [5.41, 5.74) is 10.1. The molecule has 2 heterocycles. The van der Waals surface area contributed by atoms with E-state index in [0.717, 1.165) is 27.9 Å². The zero-order chi connectivity index (χ0) is 18.6. The molecule has 0 saturated heterocycles. The molecule has 5 nitrogen and oxygen atoms in total. The number of anilines is 3. The highest BCUT2D eigenvalue weighted by Gasteiger charge is 2.13. The second kappa shape index (κ2) is 7.63. The first-order chi connectivity index (χ1) is 13.3. The molecular weight excluding hydrogens is 354 g/mol. The van der Waals surface area contributed by atoms with Gasteiger partial charge >= 0.3 is 0 Å². The molecule has 4 aromatic rings. The minimum Gasteiger partial charge on any atom is -0.394 e. The number of hydrogen-bond acceptors (Lipinski definition) is 6. The summed E-state index contributed by atoms with van der Waals surface area (Å²) in [5.74, 6) is 0.613. The van der Waals surface area contributed by atoms with Crippen LogP contribution in [0, 0.1) is 0 Å². The number of benzene rings is 2. The van der Waals surface area contributed by atoms with Crippen LogP contribution in [0.15, 0.2) is 77.0 Å². The van der Waals surface area contributed by atoms with Gasteiger partial charge in [-0.1, -0.05) is 55.1 Å². The lowest BCUT2D eigenvalue weighted by molar-refractivity contribution is 1.06. The van der Waals surface area contributed by atoms with E-state index >= 15 is 0 Å². The van der Waals surface area contributed by atoms with Crippen molar-refractivity contribution in [1.29, 1.82) is 0 Å². The molecule has 0 saturated carbocycles. The van der Waals surface area contributed by atoms with Crippen molar-refractivity contribution in [3.8, 4) is 0 Å². The first-order valence-electron chi connectivity index (χ1n) is 8.73. The van der Waals surface area contributed by atoms with Gasteiger partial charge in [-0.15, -0.1) is 0 Å². The van der Waals surface area contributed by atoms with Crippen LogP contribution in [-0.2, 0) is 6.42 Å². The summed E-state index contributed by atoms with van der Waals surface area (Å²) >= 11 is 1.50. The molecule has 0 unspecified atom stereocenters. The smallest absolute Gasteiger partial charge is 0.158 e. The van der Waals surface area contributed by atoms with Gasteiger partial charge in [-0.2, -0.15) is 0 Å². The zero-order valence-electron chi connectivity index (χ0n) is 14.9. The third kappa shape index (κ3) is 3.57. The SMILES string of the molecule is CCc1ccccc1Nc1ncnc(Sc2cccc3cccnc23)c1N. The van der Waals surface area contributed by atoms with E-state index in [-0.39, 0.29) is 0 Å². The molecule has 134 valence electrons. The van der Waals surface area contributed by atoms with E-state index in [9.17, 15) is 0 Å². The summed E-state index contributed by atoms with van der Waals surface area (Å²) in [6, 6.07) is 18.2. The van der Waals surface area contributed by atoms with Crippen LogP contribution in [0.25, 0.3) is 10.9 Å². The van der Waals surface area contributed by atoms with Crippen molar-refractivity contribution >= 4 is 39.9 Å². The van der Waals surface area contributed by atoms with Crippen LogP contribution in [0.4, 0.5) is 17.2 Å². The number of fused-ring (bicyclic) bond motifs is 1. The maximum atomic E-state index is 6.39. The van der Waals surface area contributed by atoms with Crippen molar-refractivity contribution in [2.75, 3.05) is 11.1 Å². The maximum absolute atomic E-state index is 6.39. The molecule has 0 amide bonds. The number of para-hydroxylation sites is 2. The Morgan fingerprint density at radius 1 is 0.963 bits per heavy atom. The number of hydrogen-bond donors (Lipinski definition) is 2. The molecule has 0 aliphatic carbocycles. The van der Waals surface area contributed by atoms with E-state index in [1.165, 1.54) is 23.7 Å². The third-order valence-electron chi connectivity index (χ3n) is 4.30. The van der Waals surface area contributed by atoms with Crippen LogP contribution in [0.2, 0.25) is 0 Å². The van der Waals surface area contributed by atoms with E-state index in [1.807, 2.05) is 48.5 Å². The number of aromatic nitrogens is 3. The average molecular weight is 373 g/mol. The van der Waals surface area contributed by atoms with Gasteiger partial charge in [0, 0.05) is 22.2 Å². The highest BCUT2D eigenvalue weighted by Crippen LogP contribution is 2.37. The Morgan fingerprint density at radius 3 is 2.70 bits per heavy atom. The molecule has 0 bridgehead atoms. The number of nitrogen functional groups attached to an aromatic ring is 1. The molecule has 3 N–H and O–H groups in total. The number of nitrogens with two attached hydrogens (primary N) is 1. The van der Waals surface area contributed by atoms with Crippen molar-refractivity contribution in [3.05, 3.63) is 72.7 Å². The van der Waals surface area contributed by atoms with Gasteiger partial charge in [0.2, 0.25) is 0 Å². The molecule has 6 heteroatoms. The quantitative estimate of drug-likeness (QED) is 0.476. The Labute approximate surface area is 162 Å². The van der Waals surface area contributed by atoms with E-state index < -0.39 is 0 Å². The van der Waals surface area contributed by atoms with E-state index in [2.05, 4.69) is 33.3 Å². The first kappa shape index (κ1) is 17.3. The van der Waals surface area contributed by atoms with Crippen LogP contribution < -0.4 is 11.1 Å². The normalized spacial score (nSPS) is 10.9. The molecule has 0 fully saturated rings. The minimum atomic E-state index is 0.529. The van der Waals surface area contributed by atoms with Crippen molar-refractivity contribution in [1.82, 2.24) is 15.0 Å². The fourth-order valence-corrected chi connectivity index (χ4v) is 3.83. The van der Waals surface area contributed by atoms with E-state index in [0.29, 0.717) is 16.5 Å². The summed E-state index contributed by atoms with van der Waals surface area (Å²) in [5, 5.41) is 5.15. The average Bonchev–Trinajstić information content (AvgIpc) is 2.71. The summed E-state index contributed by atoms with van der Waals surface area (Å²) in [6.07, 6.45) is 4.26. The molecule has 2 aromatic heterocycles. The fourth-order valence-electron chi connectivity index (χ4n) is 2.90. The van der Waals surface area contributed by atoms with Gasteiger partial charge in [0.05, 0.1) is 5.52 Å². The molecule has 27 heavy (non-hydrogen) atoms.